The van der Waals surface area contributed by atoms with E-state index in [1.54, 1.807) is 0 Å². The van der Waals surface area contributed by atoms with Gasteiger partial charge >= 0.3 is 0 Å². The van der Waals surface area contributed by atoms with Crippen molar-refractivity contribution in [2.75, 3.05) is 6.54 Å². The van der Waals surface area contributed by atoms with E-state index in [1.807, 2.05) is 6.07 Å². The molecule has 2 N–H and O–H groups in total. The van der Waals surface area contributed by atoms with Crippen LogP contribution in [0.15, 0.2) is 30.3 Å². The van der Waals surface area contributed by atoms with Gasteiger partial charge in [0.15, 0.2) is 0 Å². The molecule has 0 saturated carbocycles. The third-order valence-electron chi connectivity index (χ3n) is 2.52. The highest BCUT2D eigenvalue weighted by atomic mass is 16.3. The minimum atomic E-state index is -0.145. The molecular weight excluding hydrogens is 162 g/mol. The Balaban J connectivity index is 1.92. The summed E-state index contributed by atoms with van der Waals surface area (Å²) in [5.41, 5.74) is 1.34. The van der Waals surface area contributed by atoms with Gasteiger partial charge in [-0.05, 0) is 18.4 Å². The maximum atomic E-state index is 9.32. The molecule has 13 heavy (non-hydrogen) atoms. The van der Waals surface area contributed by atoms with Gasteiger partial charge in [-0.1, -0.05) is 30.3 Å². The van der Waals surface area contributed by atoms with Gasteiger partial charge in [0.05, 0.1) is 6.10 Å². The summed E-state index contributed by atoms with van der Waals surface area (Å²) < 4.78 is 0. The van der Waals surface area contributed by atoms with Crippen LogP contribution >= 0.6 is 0 Å². The van der Waals surface area contributed by atoms with Gasteiger partial charge < -0.3 is 10.4 Å². The highest BCUT2D eigenvalue weighted by Crippen LogP contribution is 2.12. The molecule has 0 aliphatic carbocycles. The second-order valence-electron chi connectivity index (χ2n) is 3.68. The summed E-state index contributed by atoms with van der Waals surface area (Å²) in [6.07, 6.45) is 1.76. The van der Waals surface area contributed by atoms with Crippen molar-refractivity contribution in [3.8, 4) is 0 Å². The molecule has 0 amide bonds. The van der Waals surface area contributed by atoms with Crippen LogP contribution in [0.1, 0.15) is 12.0 Å². The van der Waals surface area contributed by atoms with E-state index in [2.05, 4.69) is 29.6 Å². The molecule has 0 aromatic heterocycles. The molecular formula is C11H15NO. The van der Waals surface area contributed by atoms with E-state index in [0.29, 0.717) is 6.04 Å². The average molecular weight is 177 g/mol. The van der Waals surface area contributed by atoms with Gasteiger partial charge in [-0.2, -0.15) is 0 Å². The molecule has 1 aromatic rings. The number of hydrogen-bond acceptors (Lipinski definition) is 2. The summed E-state index contributed by atoms with van der Waals surface area (Å²) >= 11 is 0. The molecule has 0 radical (unpaired) electrons. The summed E-state index contributed by atoms with van der Waals surface area (Å²) in [5.74, 6) is 0. The van der Waals surface area contributed by atoms with Crippen molar-refractivity contribution in [3.05, 3.63) is 35.9 Å². The highest BCUT2D eigenvalue weighted by molar-refractivity contribution is 5.16. The van der Waals surface area contributed by atoms with Crippen molar-refractivity contribution < 1.29 is 5.11 Å². The Kier molecular flexibility index (Phi) is 2.62. The second-order valence-corrected chi connectivity index (χ2v) is 3.68. The van der Waals surface area contributed by atoms with Gasteiger partial charge in [0.25, 0.3) is 0 Å². The number of aliphatic hydroxyl groups is 1. The van der Waals surface area contributed by atoms with E-state index in [4.69, 9.17) is 0 Å². The maximum absolute atomic E-state index is 9.32. The monoisotopic (exact) mass is 177 g/mol. The van der Waals surface area contributed by atoms with Gasteiger partial charge in [0.1, 0.15) is 0 Å². The Morgan fingerprint density at radius 3 is 2.69 bits per heavy atom. The fourth-order valence-electron chi connectivity index (χ4n) is 1.85. The molecule has 1 heterocycles. The summed E-state index contributed by atoms with van der Waals surface area (Å²) in [4.78, 5) is 0. The zero-order valence-electron chi connectivity index (χ0n) is 7.61. The van der Waals surface area contributed by atoms with Crippen molar-refractivity contribution >= 4 is 0 Å². The van der Waals surface area contributed by atoms with E-state index in [-0.39, 0.29) is 6.10 Å². The lowest BCUT2D eigenvalue weighted by Gasteiger charge is -2.09. The fraction of sp³-hybridized carbons (Fsp3) is 0.455. The normalized spacial score (nSPS) is 27.8. The lowest BCUT2D eigenvalue weighted by Crippen LogP contribution is -2.23. The first-order valence-electron chi connectivity index (χ1n) is 4.80. The van der Waals surface area contributed by atoms with Crippen LogP contribution in [0.25, 0.3) is 0 Å². The van der Waals surface area contributed by atoms with E-state index in [1.165, 1.54) is 5.56 Å². The molecule has 0 bridgehead atoms. The Morgan fingerprint density at radius 2 is 2.08 bits per heavy atom. The molecule has 1 aliphatic rings. The quantitative estimate of drug-likeness (QED) is 0.705. The van der Waals surface area contributed by atoms with E-state index in [9.17, 15) is 5.11 Å². The Morgan fingerprint density at radius 1 is 1.31 bits per heavy atom. The van der Waals surface area contributed by atoms with Crippen molar-refractivity contribution in [2.45, 2.75) is 25.0 Å². The molecule has 2 heteroatoms. The minimum Gasteiger partial charge on any atom is -0.392 e. The van der Waals surface area contributed by atoms with Gasteiger partial charge in [0, 0.05) is 12.6 Å². The fourth-order valence-corrected chi connectivity index (χ4v) is 1.85. The Labute approximate surface area is 78.6 Å². The lowest BCUT2D eigenvalue weighted by molar-refractivity contribution is 0.193. The molecule has 1 aliphatic heterocycles. The Hall–Kier alpha value is -0.860. The minimum absolute atomic E-state index is 0.145. The van der Waals surface area contributed by atoms with Gasteiger partial charge in [-0.15, -0.1) is 0 Å². The molecule has 0 spiro atoms. The SMILES string of the molecule is O[C@@H]1CN[C@@H](Cc2ccccc2)C1. The third-order valence-corrected chi connectivity index (χ3v) is 2.52. The molecule has 2 atom stereocenters. The molecule has 2 rings (SSSR count). The number of rotatable bonds is 2. The second kappa shape index (κ2) is 3.90. The van der Waals surface area contributed by atoms with Gasteiger partial charge in [0.2, 0.25) is 0 Å². The number of β-amino-alcohol motifs (C(OH)–C–C–N with tert-alkyl or cyclic N) is 1. The molecule has 1 fully saturated rings. The lowest BCUT2D eigenvalue weighted by atomic mass is 10.0. The van der Waals surface area contributed by atoms with Crippen molar-refractivity contribution in [3.63, 3.8) is 0 Å². The van der Waals surface area contributed by atoms with Crippen LogP contribution < -0.4 is 5.32 Å². The topological polar surface area (TPSA) is 32.3 Å². The third kappa shape index (κ3) is 2.29. The average Bonchev–Trinajstić information content (AvgIpc) is 2.53. The van der Waals surface area contributed by atoms with Crippen LogP contribution in [-0.2, 0) is 6.42 Å². The predicted molar refractivity (Wildman–Crippen MR) is 52.6 cm³/mol. The summed E-state index contributed by atoms with van der Waals surface area (Å²) in [6, 6.07) is 10.9. The zero-order chi connectivity index (χ0) is 9.10. The number of nitrogens with one attached hydrogen (secondary N) is 1. The van der Waals surface area contributed by atoms with Crippen LogP contribution in [0.4, 0.5) is 0 Å². The first-order chi connectivity index (χ1) is 6.34. The van der Waals surface area contributed by atoms with Crippen molar-refractivity contribution in [2.24, 2.45) is 0 Å². The molecule has 1 aromatic carbocycles. The first kappa shape index (κ1) is 8.73. The van der Waals surface area contributed by atoms with Crippen LogP contribution in [0.2, 0.25) is 0 Å². The summed E-state index contributed by atoms with van der Waals surface area (Å²) in [7, 11) is 0. The van der Waals surface area contributed by atoms with Crippen molar-refractivity contribution in [1.82, 2.24) is 5.32 Å². The Bertz CT molecular complexity index is 260. The molecule has 2 nitrogen and oxygen atoms in total. The van der Waals surface area contributed by atoms with Gasteiger partial charge in [-0.3, -0.25) is 0 Å². The smallest absolute Gasteiger partial charge is 0.0679 e. The highest BCUT2D eigenvalue weighted by Gasteiger charge is 2.21. The van der Waals surface area contributed by atoms with E-state index >= 15 is 0 Å². The van der Waals surface area contributed by atoms with Crippen LogP contribution in [0, 0.1) is 0 Å². The molecule has 1 saturated heterocycles. The van der Waals surface area contributed by atoms with Gasteiger partial charge in [-0.25, -0.2) is 0 Å². The van der Waals surface area contributed by atoms with Crippen molar-refractivity contribution in [1.29, 1.82) is 0 Å². The standard InChI is InChI=1S/C11H15NO/c13-11-7-10(12-8-11)6-9-4-2-1-3-5-9/h1-5,10-13H,6-8H2/t10-,11-/m0/s1. The largest absolute Gasteiger partial charge is 0.392 e. The molecule has 0 unspecified atom stereocenters. The first-order valence-corrected chi connectivity index (χ1v) is 4.80. The van der Waals surface area contributed by atoms with Crippen LogP contribution in [-0.4, -0.2) is 23.8 Å². The zero-order valence-corrected chi connectivity index (χ0v) is 7.61. The van der Waals surface area contributed by atoms with E-state index in [0.717, 1.165) is 19.4 Å². The maximum Gasteiger partial charge on any atom is 0.0679 e. The van der Waals surface area contributed by atoms with E-state index < -0.39 is 0 Å². The summed E-state index contributed by atoms with van der Waals surface area (Å²) in [5, 5.41) is 12.6. The van der Waals surface area contributed by atoms with Crippen LogP contribution in [0.5, 0.6) is 0 Å². The summed E-state index contributed by atoms with van der Waals surface area (Å²) in [6.45, 7) is 0.748. The number of hydrogen-bond donors (Lipinski definition) is 2. The predicted octanol–water partition coefficient (Wildman–Crippen LogP) is 0.952. The number of benzene rings is 1. The molecule has 70 valence electrons. The van der Waals surface area contributed by atoms with Crippen LogP contribution in [0.3, 0.4) is 0 Å². The number of aliphatic hydroxyl groups excluding tert-OH is 1.